The first kappa shape index (κ1) is 16.8. The Morgan fingerprint density at radius 1 is 1.08 bits per heavy atom. The van der Waals surface area contributed by atoms with Crippen LogP contribution in [-0.4, -0.2) is 14.7 Å². The van der Waals surface area contributed by atoms with Gasteiger partial charge in [-0.25, -0.2) is 4.98 Å². The van der Waals surface area contributed by atoms with Crippen molar-refractivity contribution in [1.82, 2.24) is 9.55 Å². The van der Waals surface area contributed by atoms with Gasteiger partial charge in [0.1, 0.15) is 0 Å². The van der Waals surface area contributed by atoms with E-state index in [1.54, 1.807) is 18.0 Å². The molecule has 3 nitrogen and oxygen atoms in total. The Balaban J connectivity index is 1.87. The number of aryl methyl sites for hydroxylation is 1. The molecule has 124 valence electrons. The summed E-state index contributed by atoms with van der Waals surface area (Å²) < 4.78 is 2.14. The van der Waals surface area contributed by atoms with Gasteiger partial charge in [-0.2, -0.15) is 0 Å². The van der Waals surface area contributed by atoms with Crippen molar-refractivity contribution in [1.29, 1.82) is 0 Å². The SMILES string of the molecule is Cc1ccccc1CSc1ncc(CO)n1C(C)c1ccccc1. The monoisotopic (exact) mass is 338 g/mol. The molecule has 0 aliphatic rings. The molecule has 0 saturated heterocycles. The lowest BCUT2D eigenvalue weighted by molar-refractivity contribution is 0.267. The van der Waals surface area contributed by atoms with Crippen molar-refractivity contribution in [3.05, 3.63) is 83.2 Å². The van der Waals surface area contributed by atoms with Crippen LogP contribution in [0.4, 0.5) is 0 Å². The van der Waals surface area contributed by atoms with E-state index in [2.05, 4.69) is 59.8 Å². The molecule has 0 aliphatic carbocycles. The molecular weight excluding hydrogens is 316 g/mol. The smallest absolute Gasteiger partial charge is 0.169 e. The second-order valence-electron chi connectivity index (χ2n) is 5.86. The highest BCUT2D eigenvalue weighted by atomic mass is 32.2. The fourth-order valence-corrected chi connectivity index (χ4v) is 3.96. The molecule has 1 unspecified atom stereocenters. The molecule has 0 spiro atoms. The maximum Gasteiger partial charge on any atom is 0.169 e. The van der Waals surface area contributed by atoms with Gasteiger partial charge in [-0.05, 0) is 30.5 Å². The number of aliphatic hydroxyl groups is 1. The molecule has 1 heterocycles. The van der Waals surface area contributed by atoms with Crippen molar-refractivity contribution in [3.63, 3.8) is 0 Å². The van der Waals surface area contributed by atoms with Crippen LogP contribution in [0, 0.1) is 6.92 Å². The number of rotatable bonds is 6. The lowest BCUT2D eigenvalue weighted by Gasteiger charge is -2.19. The van der Waals surface area contributed by atoms with Crippen molar-refractivity contribution < 1.29 is 5.11 Å². The van der Waals surface area contributed by atoms with Gasteiger partial charge in [-0.1, -0.05) is 66.4 Å². The summed E-state index contributed by atoms with van der Waals surface area (Å²) in [7, 11) is 0. The Morgan fingerprint density at radius 2 is 1.79 bits per heavy atom. The van der Waals surface area contributed by atoms with E-state index >= 15 is 0 Å². The van der Waals surface area contributed by atoms with Crippen LogP contribution in [0.3, 0.4) is 0 Å². The van der Waals surface area contributed by atoms with E-state index in [0.29, 0.717) is 0 Å². The average molecular weight is 338 g/mol. The van der Waals surface area contributed by atoms with Crippen LogP contribution >= 0.6 is 11.8 Å². The molecule has 0 bridgehead atoms. The standard InChI is InChI=1S/C20H22N2OS/c1-15-8-6-7-11-18(15)14-24-20-21-12-19(13-23)22(20)16(2)17-9-4-3-5-10-17/h3-12,16,23H,13-14H2,1-2H3. The lowest BCUT2D eigenvalue weighted by Crippen LogP contribution is -2.11. The molecule has 24 heavy (non-hydrogen) atoms. The number of thioether (sulfide) groups is 1. The number of aliphatic hydroxyl groups excluding tert-OH is 1. The summed E-state index contributed by atoms with van der Waals surface area (Å²) >= 11 is 1.71. The van der Waals surface area contributed by atoms with E-state index in [1.807, 2.05) is 18.2 Å². The fourth-order valence-electron chi connectivity index (χ4n) is 2.81. The van der Waals surface area contributed by atoms with Gasteiger partial charge in [-0.15, -0.1) is 0 Å². The van der Waals surface area contributed by atoms with Crippen molar-refractivity contribution in [2.45, 2.75) is 37.4 Å². The molecule has 0 saturated carbocycles. The lowest BCUT2D eigenvalue weighted by atomic mass is 10.1. The quantitative estimate of drug-likeness (QED) is 0.668. The summed E-state index contributed by atoms with van der Waals surface area (Å²) in [5, 5.41) is 10.6. The molecule has 3 aromatic rings. The van der Waals surface area contributed by atoms with E-state index in [9.17, 15) is 5.11 Å². The molecule has 2 aromatic carbocycles. The van der Waals surface area contributed by atoms with Crippen LogP contribution in [0.5, 0.6) is 0 Å². The molecule has 0 aliphatic heterocycles. The zero-order chi connectivity index (χ0) is 16.9. The topological polar surface area (TPSA) is 38.1 Å². The van der Waals surface area contributed by atoms with Gasteiger partial charge in [-0.3, -0.25) is 0 Å². The summed E-state index contributed by atoms with van der Waals surface area (Å²) in [6.07, 6.45) is 1.78. The first-order valence-corrected chi connectivity index (χ1v) is 9.08. The first-order chi connectivity index (χ1) is 11.7. The first-order valence-electron chi connectivity index (χ1n) is 8.10. The van der Waals surface area contributed by atoms with E-state index in [4.69, 9.17) is 0 Å². The molecule has 0 amide bonds. The number of hydrogen-bond donors (Lipinski definition) is 1. The minimum atomic E-state index is -0.00486. The maximum atomic E-state index is 9.69. The minimum Gasteiger partial charge on any atom is -0.390 e. The van der Waals surface area contributed by atoms with Gasteiger partial charge < -0.3 is 9.67 Å². The van der Waals surface area contributed by atoms with Crippen molar-refractivity contribution in [2.75, 3.05) is 0 Å². The minimum absolute atomic E-state index is 0.00486. The number of benzene rings is 2. The van der Waals surface area contributed by atoms with Gasteiger partial charge in [0.05, 0.1) is 24.5 Å². The van der Waals surface area contributed by atoms with E-state index in [1.165, 1.54) is 16.7 Å². The average Bonchev–Trinajstić information content (AvgIpc) is 3.04. The van der Waals surface area contributed by atoms with E-state index in [0.717, 1.165) is 16.6 Å². The van der Waals surface area contributed by atoms with Crippen LogP contribution in [0.15, 0.2) is 66.0 Å². The molecule has 1 atom stereocenters. The van der Waals surface area contributed by atoms with Gasteiger partial charge in [0, 0.05) is 5.75 Å². The number of hydrogen-bond acceptors (Lipinski definition) is 3. The summed E-state index contributed by atoms with van der Waals surface area (Å²) in [4.78, 5) is 4.54. The molecule has 4 heteroatoms. The molecule has 1 aromatic heterocycles. The summed E-state index contributed by atoms with van der Waals surface area (Å²) in [5.74, 6) is 0.871. The van der Waals surface area contributed by atoms with Gasteiger partial charge in [0.2, 0.25) is 0 Å². The second kappa shape index (κ2) is 7.69. The van der Waals surface area contributed by atoms with Crippen LogP contribution < -0.4 is 0 Å². The van der Waals surface area contributed by atoms with Crippen molar-refractivity contribution in [2.24, 2.45) is 0 Å². The highest BCUT2D eigenvalue weighted by molar-refractivity contribution is 7.98. The van der Waals surface area contributed by atoms with Gasteiger partial charge >= 0.3 is 0 Å². The van der Waals surface area contributed by atoms with E-state index in [-0.39, 0.29) is 12.6 Å². The molecule has 0 fully saturated rings. The summed E-state index contributed by atoms with van der Waals surface area (Å²) in [5.41, 5.74) is 4.66. The predicted molar refractivity (Wildman–Crippen MR) is 99.1 cm³/mol. The normalized spacial score (nSPS) is 12.3. The second-order valence-corrected chi connectivity index (χ2v) is 6.80. The Hall–Kier alpha value is -2.04. The third-order valence-electron chi connectivity index (χ3n) is 4.29. The van der Waals surface area contributed by atoms with Crippen molar-refractivity contribution >= 4 is 11.8 Å². The predicted octanol–water partition coefficient (Wildman–Crippen LogP) is 4.59. The third-order valence-corrected chi connectivity index (χ3v) is 5.30. The third kappa shape index (κ3) is 3.55. The highest BCUT2D eigenvalue weighted by Gasteiger charge is 2.17. The van der Waals surface area contributed by atoms with E-state index < -0.39 is 0 Å². The maximum absolute atomic E-state index is 9.69. The highest BCUT2D eigenvalue weighted by Crippen LogP contribution is 2.30. The fraction of sp³-hybridized carbons (Fsp3) is 0.250. The Bertz CT molecular complexity index is 798. The van der Waals surface area contributed by atoms with Crippen LogP contribution in [0.1, 0.15) is 35.3 Å². The number of nitrogens with zero attached hydrogens (tertiary/aromatic N) is 2. The van der Waals surface area contributed by atoms with Crippen LogP contribution in [-0.2, 0) is 12.4 Å². The zero-order valence-corrected chi connectivity index (χ0v) is 14.8. The van der Waals surface area contributed by atoms with Crippen LogP contribution in [0.2, 0.25) is 0 Å². The summed E-state index contributed by atoms with van der Waals surface area (Å²) in [6.45, 7) is 4.28. The molecule has 1 N–H and O–H groups in total. The zero-order valence-electron chi connectivity index (χ0n) is 14.0. The number of imidazole rings is 1. The van der Waals surface area contributed by atoms with Gasteiger partial charge in [0.25, 0.3) is 0 Å². The summed E-state index contributed by atoms with van der Waals surface area (Å²) in [6, 6.07) is 18.9. The van der Waals surface area contributed by atoms with Gasteiger partial charge in [0.15, 0.2) is 5.16 Å². The Morgan fingerprint density at radius 3 is 2.50 bits per heavy atom. The largest absolute Gasteiger partial charge is 0.390 e. The Labute approximate surface area is 147 Å². The Kier molecular flexibility index (Phi) is 5.38. The van der Waals surface area contributed by atoms with Crippen LogP contribution in [0.25, 0.3) is 0 Å². The van der Waals surface area contributed by atoms with Crippen molar-refractivity contribution in [3.8, 4) is 0 Å². The molecular formula is C20H22N2OS. The molecule has 3 rings (SSSR count). The molecule has 0 radical (unpaired) electrons. The number of aromatic nitrogens is 2.